The van der Waals surface area contributed by atoms with E-state index in [4.69, 9.17) is 26.8 Å². The molecule has 0 radical (unpaired) electrons. The summed E-state index contributed by atoms with van der Waals surface area (Å²) in [5.41, 5.74) is 8.99. The van der Waals surface area contributed by atoms with Gasteiger partial charge in [0.05, 0.1) is 22.5 Å². The Hall–Kier alpha value is -4.23. The van der Waals surface area contributed by atoms with Crippen molar-refractivity contribution in [3.05, 3.63) is 41.8 Å². The van der Waals surface area contributed by atoms with Gasteiger partial charge in [-0.25, -0.2) is 9.97 Å². The van der Waals surface area contributed by atoms with Gasteiger partial charge in [-0.2, -0.15) is 0 Å². The molecule has 11 heteroatoms. The van der Waals surface area contributed by atoms with E-state index < -0.39 is 0 Å². The third-order valence-corrected chi connectivity index (χ3v) is 7.55. The monoisotopic (exact) mass is 518 g/mol. The van der Waals surface area contributed by atoms with Gasteiger partial charge < -0.3 is 30.0 Å². The van der Waals surface area contributed by atoms with Crippen LogP contribution in [0.2, 0.25) is 5.02 Å². The van der Waals surface area contributed by atoms with Crippen LogP contribution in [0.1, 0.15) is 5.69 Å². The summed E-state index contributed by atoms with van der Waals surface area (Å²) in [5, 5.41) is 3.66. The molecule has 188 valence electrons. The van der Waals surface area contributed by atoms with Crippen LogP contribution >= 0.6 is 11.6 Å². The number of nitrogen functional groups attached to an aromatic ring is 1. The number of rotatable bonds is 4. The van der Waals surface area contributed by atoms with Crippen LogP contribution in [0.5, 0.6) is 11.5 Å². The number of aromatic nitrogens is 3. The molecule has 0 bridgehead atoms. The summed E-state index contributed by atoms with van der Waals surface area (Å²) in [7, 11) is 1.88. The number of fused-ring (bicyclic) bond motifs is 3. The molecule has 0 spiro atoms. The summed E-state index contributed by atoms with van der Waals surface area (Å²) in [6, 6.07) is 3.53. The Morgan fingerprint density at radius 2 is 2.05 bits per heavy atom. The number of anilines is 1. The molecule has 1 saturated heterocycles. The molecular formula is C26H23ClN6O4. The second-order valence-electron chi connectivity index (χ2n) is 9.24. The lowest BCUT2D eigenvalue weighted by Crippen LogP contribution is -2.39. The van der Waals surface area contributed by atoms with Crippen molar-refractivity contribution in [1.82, 2.24) is 24.8 Å². The highest BCUT2D eigenvalue weighted by atomic mass is 35.5. The maximum absolute atomic E-state index is 12.4. The average Bonchev–Trinajstić information content (AvgIpc) is 3.28. The van der Waals surface area contributed by atoms with Gasteiger partial charge in [0.1, 0.15) is 23.5 Å². The number of amides is 2. The van der Waals surface area contributed by atoms with Crippen LogP contribution < -0.4 is 20.5 Å². The molecule has 1 aromatic carbocycles. The van der Waals surface area contributed by atoms with E-state index in [2.05, 4.69) is 33.7 Å². The second kappa shape index (κ2) is 8.71. The van der Waals surface area contributed by atoms with E-state index in [1.807, 2.05) is 11.6 Å². The summed E-state index contributed by atoms with van der Waals surface area (Å²) >= 11 is 6.69. The highest BCUT2D eigenvalue weighted by molar-refractivity contribution is 6.34. The number of nitrogens with two attached hydrogens (primary N) is 1. The second-order valence-corrected chi connectivity index (χ2v) is 9.65. The Labute approximate surface area is 217 Å². The average molecular weight is 519 g/mol. The van der Waals surface area contributed by atoms with E-state index in [0.29, 0.717) is 75.1 Å². The smallest absolute Gasteiger partial charge is 0.243 e. The number of piperidine rings is 1. The highest BCUT2D eigenvalue weighted by Crippen LogP contribution is 2.52. The summed E-state index contributed by atoms with van der Waals surface area (Å²) in [6.07, 6.45) is 2.57. The molecule has 6 rings (SSSR count). The lowest BCUT2D eigenvalue weighted by Gasteiger charge is -2.18. The molecule has 1 aliphatic carbocycles. The van der Waals surface area contributed by atoms with Gasteiger partial charge in [0.15, 0.2) is 11.5 Å². The predicted octanol–water partition coefficient (Wildman–Crippen LogP) is 1.96. The SMILES string of the molecule is C=CC(=O)NCC(=O)N1C[C@@H]2[C@@H](C#Cc3c(-c4c(Cl)ccc5c4OCO5)c4c(N)ncnc4n3C)[C@@H]2C1. The van der Waals surface area contributed by atoms with Crippen LogP contribution in [0.4, 0.5) is 5.82 Å². The van der Waals surface area contributed by atoms with E-state index in [1.54, 1.807) is 17.0 Å². The number of carbonyl (C=O) groups is 2. The number of hydrogen-bond acceptors (Lipinski definition) is 7. The molecule has 37 heavy (non-hydrogen) atoms. The molecule has 4 heterocycles. The fraction of sp³-hybridized carbons (Fsp3) is 0.308. The fourth-order valence-corrected chi connectivity index (χ4v) is 5.53. The summed E-state index contributed by atoms with van der Waals surface area (Å²) in [4.78, 5) is 34.2. The Kier molecular flexibility index (Phi) is 5.46. The number of likely N-dealkylation sites (tertiary alicyclic amines) is 1. The number of aryl methyl sites for hydroxylation is 1. The summed E-state index contributed by atoms with van der Waals surface area (Å²) < 4.78 is 13.2. The topological polar surface area (TPSA) is 125 Å². The first-order chi connectivity index (χ1) is 17.9. The third-order valence-electron chi connectivity index (χ3n) is 7.24. The van der Waals surface area contributed by atoms with Crippen LogP contribution in [0, 0.1) is 29.6 Å². The zero-order valence-corrected chi connectivity index (χ0v) is 20.7. The first-order valence-electron chi connectivity index (χ1n) is 11.8. The van der Waals surface area contributed by atoms with E-state index >= 15 is 0 Å². The van der Waals surface area contributed by atoms with Gasteiger partial charge in [-0.1, -0.05) is 24.1 Å². The molecule has 10 nitrogen and oxygen atoms in total. The van der Waals surface area contributed by atoms with Gasteiger partial charge in [-0.15, -0.1) is 0 Å². The van der Waals surface area contributed by atoms with Crippen LogP contribution in [0.15, 0.2) is 31.1 Å². The van der Waals surface area contributed by atoms with E-state index in [0.717, 1.165) is 6.08 Å². The molecule has 3 N–H and O–H groups in total. The van der Waals surface area contributed by atoms with Crippen molar-refractivity contribution in [3.8, 4) is 34.5 Å². The number of hydrogen-bond donors (Lipinski definition) is 2. The normalized spacial score (nSPS) is 20.8. The Balaban J connectivity index is 1.32. The van der Waals surface area contributed by atoms with Crippen molar-refractivity contribution in [2.24, 2.45) is 24.8 Å². The Morgan fingerprint density at radius 1 is 1.27 bits per heavy atom. The van der Waals surface area contributed by atoms with E-state index in [9.17, 15) is 9.59 Å². The van der Waals surface area contributed by atoms with Crippen LogP contribution in [0.3, 0.4) is 0 Å². The quantitative estimate of drug-likeness (QED) is 0.399. The number of ether oxygens (including phenoxy) is 2. The number of carbonyl (C=O) groups excluding carboxylic acids is 2. The predicted molar refractivity (Wildman–Crippen MR) is 137 cm³/mol. The van der Waals surface area contributed by atoms with Crippen LogP contribution in [-0.4, -0.2) is 57.7 Å². The number of halogens is 1. The number of benzene rings is 1. The summed E-state index contributed by atoms with van der Waals surface area (Å²) in [5.74, 6) is 8.53. The lowest BCUT2D eigenvalue weighted by molar-refractivity contribution is -0.131. The highest BCUT2D eigenvalue weighted by Gasteiger charge is 2.56. The molecule has 2 aliphatic heterocycles. The minimum Gasteiger partial charge on any atom is -0.454 e. The summed E-state index contributed by atoms with van der Waals surface area (Å²) in [6.45, 7) is 4.70. The van der Waals surface area contributed by atoms with E-state index in [-0.39, 0.29) is 31.1 Å². The molecule has 2 fully saturated rings. The van der Waals surface area contributed by atoms with Crippen molar-refractivity contribution in [3.63, 3.8) is 0 Å². The zero-order chi connectivity index (χ0) is 25.8. The largest absolute Gasteiger partial charge is 0.454 e. The van der Waals surface area contributed by atoms with Crippen LogP contribution in [-0.2, 0) is 16.6 Å². The molecule has 2 aromatic heterocycles. The van der Waals surface area contributed by atoms with Gasteiger partial charge in [0.25, 0.3) is 0 Å². The fourth-order valence-electron chi connectivity index (χ4n) is 5.29. The van der Waals surface area contributed by atoms with Crippen molar-refractivity contribution in [2.45, 2.75) is 0 Å². The minimum atomic E-state index is -0.362. The van der Waals surface area contributed by atoms with Gasteiger partial charge in [-0.05, 0) is 36.0 Å². The van der Waals surface area contributed by atoms with Crippen molar-refractivity contribution in [2.75, 3.05) is 32.2 Å². The van der Waals surface area contributed by atoms with Crippen molar-refractivity contribution >= 4 is 40.3 Å². The van der Waals surface area contributed by atoms with Gasteiger partial charge in [-0.3, -0.25) is 9.59 Å². The van der Waals surface area contributed by atoms with Crippen LogP contribution in [0.25, 0.3) is 22.2 Å². The molecule has 3 aromatic rings. The Bertz CT molecular complexity index is 1540. The molecule has 3 aliphatic rings. The third kappa shape index (κ3) is 3.74. The maximum atomic E-state index is 12.4. The van der Waals surface area contributed by atoms with E-state index in [1.165, 1.54) is 6.33 Å². The zero-order valence-electron chi connectivity index (χ0n) is 20.0. The molecular weight excluding hydrogens is 496 g/mol. The molecule has 1 saturated carbocycles. The molecule has 0 unspecified atom stereocenters. The maximum Gasteiger partial charge on any atom is 0.243 e. The number of nitrogens with one attached hydrogen (secondary N) is 1. The number of nitrogens with zero attached hydrogens (tertiary/aromatic N) is 4. The van der Waals surface area contributed by atoms with Gasteiger partial charge >= 0.3 is 0 Å². The first kappa shape index (κ1) is 23.2. The van der Waals surface area contributed by atoms with Crippen molar-refractivity contribution < 1.29 is 19.1 Å². The van der Waals surface area contributed by atoms with Gasteiger partial charge in [0, 0.05) is 31.6 Å². The Morgan fingerprint density at radius 3 is 2.81 bits per heavy atom. The van der Waals surface area contributed by atoms with Crippen molar-refractivity contribution in [1.29, 1.82) is 0 Å². The van der Waals surface area contributed by atoms with Gasteiger partial charge in [0.2, 0.25) is 18.6 Å². The minimum absolute atomic E-state index is 0.0314. The molecule has 3 atom stereocenters. The standard InChI is InChI=1S/C26H23ClN6O4/c1-3-19(34)29-8-20(35)33-9-14-13(15(14)10-33)4-6-17-22(23-25(28)30-11-31-26(23)32(17)2)21-16(27)5-7-18-24(21)37-12-36-18/h3,5,7,11,13-15H,1,8-10,12H2,2H3,(H,29,34)(H2,28,30,31)/t13-,14-,15+. The lowest BCUT2D eigenvalue weighted by atomic mass is 10.0. The molecule has 2 amide bonds. The first-order valence-corrected chi connectivity index (χ1v) is 12.1.